The standard InChI is InChI=1S/C12H16ClNO/c1-8-6-9(7-14-8)12-10(13)4-3-5-11(12)15-2/h3-5,8-9,14H,6-7H2,1-2H3. The first-order valence-electron chi connectivity index (χ1n) is 5.28. The highest BCUT2D eigenvalue weighted by Gasteiger charge is 2.26. The first kappa shape index (κ1) is 10.8. The average Bonchev–Trinajstić information content (AvgIpc) is 2.64. The zero-order valence-corrected chi connectivity index (χ0v) is 9.84. The molecule has 1 aliphatic heterocycles. The smallest absolute Gasteiger partial charge is 0.123 e. The maximum Gasteiger partial charge on any atom is 0.123 e. The van der Waals surface area contributed by atoms with Gasteiger partial charge in [-0.15, -0.1) is 0 Å². The molecule has 1 N–H and O–H groups in total. The van der Waals surface area contributed by atoms with Crippen LogP contribution in [-0.4, -0.2) is 19.7 Å². The van der Waals surface area contributed by atoms with Crippen molar-refractivity contribution >= 4 is 11.6 Å². The molecule has 0 aliphatic carbocycles. The van der Waals surface area contributed by atoms with Gasteiger partial charge in [-0.25, -0.2) is 0 Å². The molecule has 2 rings (SSSR count). The number of ether oxygens (including phenoxy) is 1. The Balaban J connectivity index is 2.33. The third-order valence-corrected chi connectivity index (χ3v) is 3.32. The molecule has 0 bridgehead atoms. The van der Waals surface area contributed by atoms with Crippen LogP contribution >= 0.6 is 11.6 Å². The van der Waals surface area contributed by atoms with E-state index in [1.54, 1.807) is 7.11 Å². The van der Waals surface area contributed by atoms with Crippen molar-refractivity contribution in [3.63, 3.8) is 0 Å². The second kappa shape index (κ2) is 4.42. The Kier molecular flexibility index (Phi) is 3.17. The molecule has 1 saturated heterocycles. The van der Waals surface area contributed by atoms with Crippen molar-refractivity contribution in [1.82, 2.24) is 5.32 Å². The van der Waals surface area contributed by atoms with Crippen LogP contribution < -0.4 is 10.1 Å². The number of halogens is 1. The van der Waals surface area contributed by atoms with E-state index in [2.05, 4.69) is 12.2 Å². The summed E-state index contributed by atoms with van der Waals surface area (Å²) in [7, 11) is 1.70. The maximum absolute atomic E-state index is 6.23. The first-order chi connectivity index (χ1) is 7.22. The minimum Gasteiger partial charge on any atom is -0.496 e. The lowest BCUT2D eigenvalue weighted by molar-refractivity contribution is 0.406. The topological polar surface area (TPSA) is 21.3 Å². The molecular formula is C12H16ClNO. The molecule has 2 atom stereocenters. The van der Waals surface area contributed by atoms with E-state index in [0.29, 0.717) is 12.0 Å². The summed E-state index contributed by atoms with van der Waals surface area (Å²) in [6, 6.07) is 6.40. The van der Waals surface area contributed by atoms with Gasteiger partial charge in [-0.05, 0) is 25.5 Å². The molecule has 1 aromatic carbocycles. The number of benzene rings is 1. The summed E-state index contributed by atoms with van der Waals surface area (Å²) in [5, 5.41) is 4.25. The van der Waals surface area contributed by atoms with Gasteiger partial charge in [0.25, 0.3) is 0 Å². The Hall–Kier alpha value is -0.730. The fourth-order valence-corrected chi connectivity index (χ4v) is 2.57. The highest BCUT2D eigenvalue weighted by Crippen LogP contribution is 2.37. The van der Waals surface area contributed by atoms with Gasteiger partial charge < -0.3 is 10.1 Å². The van der Waals surface area contributed by atoms with Crippen molar-refractivity contribution in [3.05, 3.63) is 28.8 Å². The van der Waals surface area contributed by atoms with Gasteiger partial charge in [0.05, 0.1) is 7.11 Å². The van der Waals surface area contributed by atoms with Gasteiger partial charge in [0.15, 0.2) is 0 Å². The molecule has 3 heteroatoms. The van der Waals surface area contributed by atoms with Gasteiger partial charge in [-0.2, -0.15) is 0 Å². The molecule has 0 aromatic heterocycles. The van der Waals surface area contributed by atoms with Gasteiger partial charge >= 0.3 is 0 Å². The van der Waals surface area contributed by atoms with Crippen LogP contribution in [-0.2, 0) is 0 Å². The quantitative estimate of drug-likeness (QED) is 0.836. The Morgan fingerprint density at radius 2 is 2.27 bits per heavy atom. The summed E-state index contributed by atoms with van der Waals surface area (Å²) in [6.07, 6.45) is 1.13. The molecular weight excluding hydrogens is 210 g/mol. The van der Waals surface area contributed by atoms with E-state index >= 15 is 0 Å². The third-order valence-electron chi connectivity index (χ3n) is 2.99. The lowest BCUT2D eigenvalue weighted by Gasteiger charge is -2.15. The van der Waals surface area contributed by atoms with Crippen LogP contribution in [0.25, 0.3) is 0 Å². The molecule has 1 aromatic rings. The van der Waals surface area contributed by atoms with Gasteiger partial charge in [0, 0.05) is 29.1 Å². The van der Waals surface area contributed by atoms with E-state index in [-0.39, 0.29) is 0 Å². The lowest BCUT2D eigenvalue weighted by Crippen LogP contribution is -2.16. The van der Waals surface area contributed by atoms with Crippen molar-refractivity contribution in [2.24, 2.45) is 0 Å². The molecule has 1 fully saturated rings. The van der Waals surface area contributed by atoms with Crippen LogP contribution in [0.5, 0.6) is 5.75 Å². The van der Waals surface area contributed by atoms with Crippen LogP contribution in [0.15, 0.2) is 18.2 Å². The predicted molar refractivity (Wildman–Crippen MR) is 62.8 cm³/mol. The van der Waals surface area contributed by atoms with Crippen LogP contribution in [0.1, 0.15) is 24.8 Å². The third kappa shape index (κ3) is 2.11. The molecule has 1 aliphatic rings. The summed E-state index contributed by atoms with van der Waals surface area (Å²) >= 11 is 6.23. The molecule has 0 radical (unpaired) electrons. The summed E-state index contributed by atoms with van der Waals surface area (Å²) in [5.41, 5.74) is 1.15. The first-order valence-corrected chi connectivity index (χ1v) is 5.66. The molecule has 0 amide bonds. The Morgan fingerprint density at radius 1 is 1.47 bits per heavy atom. The summed E-state index contributed by atoms with van der Waals surface area (Å²) in [4.78, 5) is 0. The fraction of sp³-hybridized carbons (Fsp3) is 0.500. The molecule has 1 heterocycles. The predicted octanol–water partition coefficient (Wildman–Crippen LogP) is 2.81. The summed E-state index contributed by atoms with van der Waals surface area (Å²) in [6.45, 7) is 3.19. The van der Waals surface area contributed by atoms with Gasteiger partial charge in [0.2, 0.25) is 0 Å². The normalized spacial score (nSPS) is 25.5. The van der Waals surface area contributed by atoms with Crippen molar-refractivity contribution in [3.8, 4) is 5.75 Å². The molecule has 0 saturated carbocycles. The van der Waals surface area contributed by atoms with Crippen molar-refractivity contribution in [2.45, 2.75) is 25.3 Å². The molecule has 15 heavy (non-hydrogen) atoms. The second-order valence-corrected chi connectivity index (χ2v) is 4.50. The largest absolute Gasteiger partial charge is 0.496 e. The van der Waals surface area contributed by atoms with E-state index in [4.69, 9.17) is 16.3 Å². The Morgan fingerprint density at radius 3 is 2.87 bits per heavy atom. The number of methoxy groups -OCH3 is 1. The van der Waals surface area contributed by atoms with E-state index in [1.807, 2.05) is 18.2 Å². The average molecular weight is 226 g/mol. The molecule has 2 unspecified atom stereocenters. The minimum absolute atomic E-state index is 0.476. The van der Waals surface area contributed by atoms with E-state index in [9.17, 15) is 0 Å². The van der Waals surface area contributed by atoms with Gasteiger partial charge in [-0.3, -0.25) is 0 Å². The zero-order chi connectivity index (χ0) is 10.8. The van der Waals surface area contributed by atoms with Crippen molar-refractivity contribution < 1.29 is 4.74 Å². The van der Waals surface area contributed by atoms with E-state index < -0.39 is 0 Å². The number of hydrogen-bond donors (Lipinski definition) is 1. The van der Waals surface area contributed by atoms with Gasteiger partial charge in [-0.1, -0.05) is 17.7 Å². The van der Waals surface area contributed by atoms with Crippen molar-refractivity contribution in [1.29, 1.82) is 0 Å². The Bertz CT molecular complexity index is 353. The fourth-order valence-electron chi connectivity index (χ4n) is 2.25. The Labute approximate surface area is 95.6 Å². The number of rotatable bonds is 2. The molecule has 0 spiro atoms. The zero-order valence-electron chi connectivity index (χ0n) is 9.09. The minimum atomic E-state index is 0.476. The second-order valence-electron chi connectivity index (χ2n) is 4.10. The number of nitrogens with one attached hydrogen (secondary N) is 1. The van der Waals surface area contributed by atoms with Crippen LogP contribution in [0.2, 0.25) is 5.02 Å². The van der Waals surface area contributed by atoms with Gasteiger partial charge in [0.1, 0.15) is 5.75 Å². The molecule has 2 nitrogen and oxygen atoms in total. The van der Waals surface area contributed by atoms with Crippen LogP contribution in [0.4, 0.5) is 0 Å². The summed E-state index contributed by atoms with van der Waals surface area (Å²) < 4.78 is 5.36. The number of hydrogen-bond acceptors (Lipinski definition) is 2. The monoisotopic (exact) mass is 225 g/mol. The maximum atomic E-state index is 6.23. The lowest BCUT2D eigenvalue weighted by atomic mass is 9.95. The summed E-state index contributed by atoms with van der Waals surface area (Å²) in [5.74, 6) is 1.38. The highest BCUT2D eigenvalue weighted by molar-refractivity contribution is 6.31. The SMILES string of the molecule is COc1cccc(Cl)c1C1CNC(C)C1. The van der Waals surface area contributed by atoms with Crippen LogP contribution in [0.3, 0.4) is 0 Å². The van der Waals surface area contributed by atoms with E-state index in [1.165, 1.54) is 0 Å². The molecule has 82 valence electrons. The van der Waals surface area contributed by atoms with Crippen LogP contribution in [0, 0.1) is 0 Å². The van der Waals surface area contributed by atoms with E-state index in [0.717, 1.165) is 29.3 Å². The van der Waals surface area contributed by atoms with Crippen molar-refractivity contribution in [2.75, 3.05) is 13.7 Å². The highest BCUT2D eigenvalue weighted by atomic mass is 35.5.